The van der Waals surface area contributed by atoms with E-state index in [1.807, 2.05) is 6.07 Å². The SMILES string of the molecule is CN1CCn2c(cc3c(N(CC#N)C(=O)O)cc(Cl)c(Cl)c32)C1=O. The third kappa shape index (κ3) is 2.35. The van der Waals surface area contributed by atoms with Gasteiger partial charge in [0.25, 0.3) is 5.91 Å². The van der Waals surface area contributed by atoms with Gasteiger partial charge in [0.2, 0.25) is 0 Å². The molecule has 7 nitrogen and oxygen atoms in total. The second-order valence-corrected chi connectivity index (χ2v) is 6.17. The lowest BCUT2D eigenvalue weighted by Crippen LogP contribution is -2.36. The highest BCUT2D eigenvalue weighted by Gasteiger charge is 2.29. The van der Waals surface area contributed by atoms with Gasteiger partial charge in [-0.1, -0.05) is 23.2 Å². The molecule has 0 saturated heterocycles. The third-order valence-corrected chi connectivity index (χ3v) is 4.81. The first-order chi connectivity index (χ1) is 11.4. The Morgan fingerprint density at radius 1 is 1.42 bits per heavy atom. The fourth-order valence-corrected chi connectivity index (χ4v) is 3.31. The van der Waals surface area contributed by atoms with Crippen LogP contribution in [-0.2, 0) is 6.54 Å². The topological polar surface area (TPSA) is 89.6 Å². The molecule has 1 aliphatic rings. The average Bonchev–Trinajstić information content (AvgIpc) is 2.92. The first-order valence-electron chi connectivity index (χ1n) is 7.01. The van der Waals surface area contributed by atoms with Crippen LogP contribution in [0.1, 0.15) is 10.5 Å². The van der Waals surface area contributed by atoms with Crippen molar-refractivity contribution in [2.24, 2.45) is 0 Å². The molecule has 1 aromatic carbocycles. The van der Waals surface area contributed by atoms with Crippen LogP contribution in [0.4, 0.5) is 10.5 Å². The first-order valence-corrected chi connectivity index (χ1v) is 7.76. The lowest BCUT2D eigenvalue weighted by Gasteiger charge is -2.25. The van der Waals surface area contributed by atoms with Crippen LogP contribution in [0.15, 0.2) is 12.1 Å². The van der Waals surface area contributed by atoms with Gasteiger partial charge < -0.3 is 14.6 Å². The standard InChI is InChI=1S/C15H12Cl2N4O3/c1-19-4-5-20-11(14(19)22)6-8-10(21(3-2-18)15(23)24)7-9(16)12(17)13(8)20/h6-7H,3-5H2,1H3,(H,23,24). The second kappa shape index (κ2) is 5.89. The van der Waals surface area contributed by atoms with Crippen LogP contribution >= 0.6 is 23.2 Å². The number of likely N-dealkylation sites (N-methyl/N-ethyl adjacent to an activating group) is 1. The van der Waals surface area contributed by atoms with Crippen LogP contribution in [0.5, 0.6) is 0 Å². The minimum atomic E-state index is -1.29. The van der Waals surface area contributed by atoms with E-state index in [9.17, 15) is 14.7 Å². The van der Waals surface area contributed by atoms with Gasteiger partial charge in [-0.25, -0.2) is 4.79 Å². The summed E-state index contributed by atoms with van der Waals surface area (Å²) in [5, 5.41) is 19.2. The molecule has 24 heavy (non-hydrogen) atoms. The number of rotatable bonds is 2. The summed E-state index contributed by atoms with van der Waals surface area (Å²) in [7, 11) is 1.69. The molecule has 0 spiro atoms. The van der Waals surface area contributed by atoms with E-state index in [1.54, 1.807) is 22.6 Å². The normalized spacial score (nSPS) is 13.8. The molecule has 2 amide bonds. The van der Waals surface area contributed by atoms with Crippen LogP contribution in [0.25, 0.3) is 10.9 Å². The molecule has 0 bridgehead atoms. The Balaban J connectivity index is 2.35. The van der Waals surface area contributed by atoms with Gasteiger partial charge in [-0.05, 0) is 12.1 Å². The smallest absolute Gasteiger partial charge is 0.412 e. The van der Waals surface area contributed by atoms with Crippen molar-refractivity contribution in [3.8, 4) is 6.07 Å². The van der Waals surface area contributed by atoms with Crippen molar-refractivity contribution in [2.45, 2.75) is 6.54 Å². The van der Waals surface area contributed by atoms with E-state index in [-0.39, 0.29) is 28.2 Å². The molecule has 0 aliphatic carbocycles. The van der Waals surface area contributed by atoms with E-state index < -0.39 is 6.09 Å². The van der Waals surface area contributed by atoms with Gasteiger partial charge in [0.1, 0.15) is 12.2 Å². The van der Waals surface area contributed by atoms with E-state index in [0.717, 1.165) is 4.90 Å². The number of carboxylic acid groups (broad SMARTS) is 1. The van der Waals surface area contributed by atoms with E-state index in [2.05, 4.69) is 0 Å². The molecule has 2 aromatic rings. The Labute approximate surface area is 147 Å². The number of amides is 2. The van der Waals surface area contributed by atoms with Crippen molar-refractivity contribution in [3.05, 3.63) is 27.9 Å². The molecule has 0 saturated carbocycles. The van der Waals surface area contributed by atoms with Crippen LogP contribution in [0.2, 0.25) is 10.0 Å². The van der Waals surface area contributed by atoms with Crippen molar-refractivity contribution < 1.29 is 14.7 Å². The number of benzene rings is 1. The summed E-state index contributed by atoms with van der Waals surface area (Å²) in [5.74, 6) is -0.183. The van der Waals surface area contributed by atoms with Crippen molar-refractivity contribution >= 4 is 51.8 Å². The minimum Gasteiger partial charge on any atom is -0.465 e. The van der Waals surface area contributed by atoms with Gasteiger partial charge >= 0.3 is 6.09 Å². The molecule has 9 heteroatoms. The minimum absolute atomic E-state index is 0.163. The highest BCUT2D eigenvalue weighted by Crippen LogP contribution is 2.40. The number of halogens is 2. The number of carbonyl (C=O) groups is 2. The van der Waals surface area contributed by atoms with Crippen molar-refractivity contribution in [1.82, 2.24) is 9.47 Å². The molecule has 0 unspecified atom stereocenters. The molecule has 0 radical (unpaired) electrons. The summed E-state index contributed by atoms with van der Waals surface area (Å²) >= 11 is 12.5. The summed E-state index contributed by atoms with van der Waals surface area (Å²) in [5.41, 5.74) is 1.14. The molecule has 2 heterocycles. The summed E-state index contributed by atoms with van der Waals surface area (Å²) in [6.07, 6.45) is -1.29. The lowest BCUT2D eigenvalue weighted by atomic mass is 10.2. The Hall–Kier alpha value is -2.43. The maximum absolute atomic E-state index is 12.4. The number of anilines is 1. The number of nitrogens with zero attached hydrogens (tertiary/aromatic N) is 4. The Morgan fingerprint density at radius 2 is 2.12 bits per heavy atom. The molecular weight excluding hydrogens is 355 g/mol. The summed E-state index contributed by atoms with van der Waals surface area (Å²) in [6, 6.07) is 4.81. The van der Waals surface area contributed by atoms with Crippen LogP contribution < -0.4 is 4.90 Å². The number of hydrogen-bond acceptors (Lipinski definition) is 3. The van der Waals surface area contributed by atoms with Crippen LogP contribution in [0.3, 0.4) is 0 Å². The maximum Gasteiger partial charge on any atom is 0.412 e. The zero-order valence-corrected chi connectivity index (χ0v) is 14.1. The molecule has 124 valence electrons. The zero-order valence-electron chi connectivity index (χ0n) is 12.6. The lowest BCUT2D eigenvalue weighted by molar-refractivity contribution is 0.0751. The Bertz CT molecular complexity index is 916. The number of carbonyl (C=O) groups excluding carboxylic acids is 1. The Kier molecular flexibility index (Phi) is 4.03. The van der Waals surface area contributed by atoms with Gasteiger partial charge in [0.05, 0.1) is 27.3 Å². The molecular formula is C15H12Cl2N4O3. The molecule has 0 fully saturated rings. The van der Waals surface area contributed by atoms with Crippen molar-refractivity contribution in [2.75, 3.05) is 25.0 Å². The van der Waals surface area contributed by atoms with E-state index >= 15 is 0 Å². The predicted molar refractivity (Wildman–Crippen MR) is 89.9 cm³/mol. The van der Waals surface area contributed by atoms with Gasteiger partial charge in [-0.2, -0.15) is 5.26 Å². The first kappa shape index (κ1) is 16.4. The fraction of sp³-hybridized carbons (Fsp3) is 0.267. The van der Waals surface area contributed by atoms with Crippen LogP contribution in [0, 0.1) is 11.3 Å². The van der Waals surface area contributed by atoms with Gasteiger partial charge in [-0.3, -0.25) is 9.69 Å². The number of aromatic nitrogens is 1. The van der Waals surface area contributed by atoms with Gasteiger partial charge in [-0.15, -0.1) is 0 Å². The summed E-state index contributed by atoms with van der Waals surface area (Å²) in [4.78, 5) is 26.3. The van der Waals surface area contributed by atoms with Gasteiger partial charge in [0, 0.05) is 25.5 Å². The highest BCUT2D eigenvalue weighted by molar-refractivity contribution is 6.46. The van der Waals surface area contributed by atoms with E-state index in [1.165, 1.54) is 6.07 Å². The molecule has 1 N–H and O–H groups in total. The molecule has 3 rings (SSSR count). The Morgan fingerprint density at radius 3 is 2.75 bits per heavy atom. The highest BCUT2D eigenvalue weighted by atomic mass is 35.5. The zero-order chi connectivity index (χ0) is 17.6. The van der Waals surface area contributed by atoms with E-state index in [4.69, 9.17) is 28.5 Å². The average molecular weight is 367 g/mol. The second-order valence-electron chi connectivity index (χ2n) is 5.39. The number of fused-ring (bicyclic) bond motifs is 3. The van der Waals surface area contributed by atoms with Crippen molar-refractivity contribution in [1.29, 1.82) is 5.26 Å². The predicted octanol–water partition coefficient (Wildman–Crippen LogP) is 3.04. The molecule has 0 atom stereocenters. The van der Waals surface area contributed by atoms with E-state index in [0.29, 0.717) is 29.7 Å². The largest absolute Gasteiger partial charge is 0.465 e. The van der Waals surface area contributed by atoms with Crippen LogP contribution in [-0.4, -0.2) is 46.7 Å². The third-order valence-electron chi connectivity index (χ3n) is 4.03. The van der Waals surface area contributed by atoms with Gasteiger partial charge in [0.15, 0.2) is 0 Å². The molecule has 1 aromatic heterocycles. The quantitative estimate of drug-likeness (QED) is 0.827. The molecule has 1 aliphatic heterocycles. The monoisotopic (exact) mass is 366 g/mol. The summed E-state index contributed by atoms with van der Waals surface area (Å²) < 4.78 is 1.74. The maximum atomic E-state index is 12.4. The summed E-state index contributed by atoms with van der Waals surface area (Å²) in [6.45, 7) is 0.664. The number of hydrogen-bond donors (Lipinski definition) is 1. The number of nitriles is 1. The van der Waals surface area contributed by atoms with Crippen molar-refractivity contribution in [3.63, 3.8) is 0 Å². The fourth-order valence-electron chi connectivity index (χ4n) is 2.86.